The maximum atomic E-state index is 12.6. The first kappa shape index (κ1) is 26.0. The quantitative estimate of drug-likeness (QED) is 0.382. The highest BCUT2D eigenvalue weighted by atomic mass is 16.5. The molecule has 0 aliphatic carbocycles. The Labute approximate surface area is 215 Å². The average Bonchev–Trinajstić information content (AvgIpc) is 3.34. The number of aryl methyl sites for hydroxylation is 1. The van der Waals surface area contributed by atoms with E-state index in [-0.39, 0.29) is 17.4 Å². The van der Waals surface area contributed by atoms with E-state index in [4.69, 9.17) is 4.74 Å². The van der Waals surface area contributed by atoms with Gasteiger partial charge in [0.2, 0.25) is 5.91 Å². The molecule has 13 heteroatoms. The molecule has 0 bridgehead atoms. The van der Waals surface area contributed by atoms with Crippen LogP contribution in [0.1, 0.15) is 16.9 Å². The minimum Gasteiger partial charge on any atom is -0.494 e. The fourth-order valence-electron chi connectivity index (χ4n) is 4.01. The van der Waals surface area contributed by atoms with Gasteiger partial charge in [-0.2, -0.15) is 5.10 Å². The summed E-state index contributed by atoms with van der Waals surface area (Å²) in [6.07, 6.45) is 1.93. The number of para-hydroxylation sites is 1. The van der Waals surface area contributed by atoms with Gasteiger partial charge in [-0.15, -0.1) is 10.2 Å². The van der Waals surface area contributed by atoms with Crippen molar-refractivity contribution < 1.29 is 14.3 Å². The fraction of sp³-hybridized carbons (Fsp3) is 0.417. The van der Waals surface area contributed by atoms with E-state index in [0.29, 0.717) is 41.5 Å². The van der Waals surface area contributed by atoms with Crippen LogP contribution >= 0.6 is 0 Å². The molecular weight excluding hydrogens is 476 g/mol. The van der Waals surface area contributed by atoms with Crippen LogP contribution in [-0.2, 0) is 11.8 Å². The van der Waals surface area contributed by atoms with Crippen molar-refractivity contribution in [3.63, 3.8) is 0 Å². The number of piperazine rings is 1. The Morgan fingerprint density at radius 2 is 1.86 bits per heavy atom. The molecule has 4 rings (SSSR count). The van der Waals surface area contributed by atoms with Crippen molar-refractivity contribution in [3.05, 3.63) is 36.3 Å². The Kier molecular flexibility index (Phi) is 8.25. The van der Waals surface area contributed by atoms with Gasteiger partial charge in [0.15, 0.2) is 23.1 Å². The van der Waals surface area contributed by atoms with Gasteiger partial charge in [0.1, 0.15) is 6.33 Å². The number of methoxy groups -OCH3 is 1. The molecule has 0 radical (unpaired) electrons. The molecule has 0 unspecified atom stereocenters. The zero-order valence-electron chi connectivity index (χ0n) is 21.5. The molecule has 3 aromatic rings. The minimum absolute atomic E-state index is 0.0707. The maximum absolute atomic E-state index is 12.6. The second-order valence-electron chi connectivity index (χ2n) is 8.77. The standard InChI is InChI=1S/C24H32N10O3/c1-25-24(36)21-18(27-17-7-5-6-16(22(17)37-4)23-26-15-33(3)31-23)14-19(29-30-21)28-20(35)8-9-34-12-10-32(2)11-13-34/h5-7,14-15H,8-13H2,1-4H3,(H,25,36)(H2,27,28,29,35). The summed E-state index contributed by atoms with van der Waals surface area (Å²) in [7, 11) is 6.93. The van der Waals surface area contributed by atoms with Gasteiger partial charge in [0.05, 0.1) is 24.0 Å². The number of amides is 2. The summed E-state index contributed by atoms with van der Waals surface area (Å²) in [5.74, 6) is 0.624. The molecule has 0 saturated carbocycles. The van der Waals surface area contributed by atoms with Gasteiger partial charge in [0, 0.05) is 59.3 Å². The van der Waals surface area contributed by atoms with Gasteiger partial charge < -0.3 is 30.5 Å². The monoisotopic (exact) mass is 508 g/mol. The van der Waals surface area contributed by atoms with E-state index in [9.17, 15) is 9.59 Å². The molecular formula is C24H32N10O3. The van der Waals surface area contributed by atoms with Crippen LogP contribution in [0.25, 0.3) is 11.4 Å². The molecule has 1 saturated heterocycles. The smallest absolute Gasteiger partial charge is 0.273 e. The molecule has 1 fully saturated rings. The van der Waals surface area contributed by atoms with E-state index >= 15 is 0 Å². The molecule has 2 amide bonds. The molecule has 0 atom stereocenters. The number of hydrogen-bond acceptors (Lipinski definition) is 10. The van der Waals surface area contributed by atoms with Crippen LogP contribution in [0.15, 0.2) is 30.6 Å². The lowest BCUT2D eigenvalue weighted by Crippen LogP contribution is -2.45. The molecule has 0 spiro atoms. The lowest BCUT2D eigenvalue weighted by Gasteiger charge is -2.32. The second-order valence-corrected chi connectivity index (χ2v) is 8.77. The molecule has 1 aliphatic heterocycles. The molecule has 3 N–H and O–H groups in total. The third-order valence-corrected chi connectivity index (χ3v) is 6.08. The Hall–Kier alpha value is -4.10. The van der Waals surface area contributed by atoms with E-state index in [1.54, 1.807) is 37.3 Å². The number of carbonyl (C=O) groups excluding carboxylic acids is 2. The molecule has 13 nitrogen and oxygen atoms in total. The normalized spacial score (nSPS) is 14.3. The summed E-state index contributed by atoms with van der Waals surface area (Å²) in [6.45, 7) is 4.52. The van der Waals surface area contributed by atoms with Crippen molar-refractivity contribution in [1.82, 2.24) is 40.1 Å². The number of rotatable bonds is 9. The van der Waals surface area contributed by atoms with Crippen LogP contribution in [0.5, 0.6) is 5.75 Å². The largest absolute Gasteiger partial charge is 0.494 e. The van der Waals surface area contributed by atoms with E-state index in [0.717, 1.165) is 26.2 Å². The Morgan fingerprint density at radius 1 is 1.08 bits per heavy atom. The van der Waals surface area contributed by atoms with Gasteiger partial charge in [0.25, 0.3) is 5.91 Å². The lowest BCUT2D eigenvalue weighted by atomic mass is 10.1. The maximum Gasteiger partial charge on any atom is 0.273 e. The number of benzene rings is 1. The third kappa shape index (κ3) is 6.37. The number of carbonyl (C=O) groups is 2. The summed E-state index contributed by atoms with van der Waals surface area (Å²) < 4.78 is 7.27. The van der Waals surface area contributed by atoms with Gasteiger partial charge in [-0.05, 0) is 19.2 Å². The van der Waals surface area contributed by atoms with Crippen LogP contribution < -0.4 is 20.7 Å². The molecule has 37 heavy (non-hydrogen) atoms. The first-order chi connectivity index (χ1) is 17.9. The van der Waals surface area contributed by atoms with Crippen LogP contribution in [0.4, 0.5) is 17.2 Å². The zero-order valence-corrected chi connectivity index (χ0v) is 21.5. The fourth-order valence-corrected chi connectivity index (χ4v) is 4.01. The van der Waals surface area contributed by atoms with Gasteiger partial charge >= 0.3 is 0 Å². The summed E-state index contributed by atoms with van der Waals surface area (Å²) in [5.41, 5.74) is 1.67. The predicted octanol–water partition coefficient (Wildman–Crippen LogP) is 0.960. The number of likely N-dealkylation sites (N-methyl/N-ethyl adjacent to an activating group) is 1. The van der Waals surface area contributed by atoms with Gasteiger partial charge in [-0.25, -0.2) is 4.98 Å². The number of hydrogen-bond donors (Lipinski definition) is 3. The second kappa shape index (κ2) is 11.8. The average molecular weight is 509 g/mol. The van der Waals surface area contributed by atoms with Crippen molar-refractivity contribution >= 4 is 29.0 Å². The topological polar surface area (TPSA) is 142 Å². The van der Waals surface area contributed by atoms with Crippen LogP contribution in [0, 0.1) is 0 Å². The minimum atomic E-state index is -0.426. The molecule has 1 aromatic carbocycles. The Bertz CT molecular complexity index is 1250. The summed E-state index contributed by atoms with van der Waals surface area (Å²) in [4.78, 5) is 34.0. The summed E-state index contributed by atoms with van der Waals surface area (Å²) >= 11 is 0. The molecule has 3 heterocycles. The van der Waals surface area contributed by atoms with Crippen molar-refractivity contribution in [2.45, 2.75) is 6.42 Å². The lowest BCUT2D eigenvalue weighted by molar-refractivity contribution is -0.116. The number of aromatic nitrogens is 5. The van der Waals surface area contributed by atoms with Crippen molar-refractivity contribution in [3.8, 4) is 17.1 Å². The highest BCUT2D eigenvalue weighted by molar-refractivity contribution is 5.99. The highest BCUT2D eigenvalue weighted by Gasteiger charge is 2.20. The SMILES string of the molecule is CNC(=O)c1nnc(NC(=O)CCN2CCN(C)CC2)cc1Nc1cccc(-c2ncn(C)n2)c1OC. The van der Waals surface area contributed by atoms with Crippen LogP contribution in [-0.4, -0.2) is 101 Å². The third-order valence-electron chi connectivity index (χ3n) is 6.08. The number of nitrogens with zero attached hydrogens (tertiary/aromatic N) is 7. The van der Waals surface area contributed by atoms with Gasteiger partial charge in [-0.1, -0.05) is 6.07 Å². The molecule has 196 valence electrons. The first-order valence-electron chi connectivity index (χ1n) is 12.0. The molecule has 2 aromatic heterocycles. The Balaban J connectivity index is 1.54. The highest BCUT2D eigenvalue weighted by Crippen LogP contribution is 2.37. The number of ether oxygens (including phenoxy) is 1. The number of anilines is 3. The van der Waals surface area contributed by atoms with E-state index in [1.807, 2.05) is 12.1 Å². The molecule has 1 aliphatic rings. The van der Waals surface area contributed by atoms with E-state index in [1.165, 1.54) is 7.05 Å². The van der Waals surface area contributed by atoms with Gasteiger partial charge in [-0.3, -0.25) is 14.3 Å². The summed E-state index contributed by atoms with van der Waals surface area (Å²) in [6, 6.07) is 7.05. The van der Waals surface area contributed by atoms with Crippen LogP contribution in [0.2, 0.25) is 0 Å². The van der Waals surface area contributed by atoms with Crippen molar-refractivity contribution in [1.29, 1.82) is 0 Å². The van der Waals surface area contributed by atoms with E-state index < -0.39 is 5.91 Å². The van der Waals surface area contributed by atoms with E-state index in [2.05, 4.69) is 53.1 Å². The van der Waals surface area contributed by atoms with Crippen LogP contribution in [0.3, 0.4) is 0 Å². The number of nitrogens with one attached hydrogen (secondary N) is 3. The first-order valence-corrected chi connectivity index (χ1v) is 12.0. The van der Waals surface area contributed by atoms with Crippen molar-refractivity contribution in [2.75, 3.05) is 64.6 Å². The predicted molar refractivity (Wildman–Crippen MR) is 139 cm³/mol. The summed E-state index contributed by atoms with van der Waals surface area (Å²) in [5, 5.41) is 21.0. The zero-order chi connectivity index (χ0) is 26.4. The van der Waals surface area contributed by atoms with Crippen molar-refractivity contribution in [2.24, 2.45) is 7.05 Å². The Morgan fingerprint density at radius 3 is 2.54 bits per heavy atom.